The maximum atomic E-state index is 12.3. The fourth-order valence-corrected chi connectivity index (χ4v) is 3.18. The Kier molecular flexibility index (Phi) is 5.34. The summed E-state index contributed by atoms with van der Waals surface area (Å²) in [6.45, 7) is 7.58. The first-order valence-corrected chi connectivity index (χ1v) is 7.19. The molecule has 0 saturated carbocycles. The second-order valence-electron chi connectivity index (χ2n) is 6.55. The van der Waals surface area contributed by atoms with Gasteiger partial charge < -0.3 is 15.6 Å². The third-order valence-corrected chi connectivity index (χ3v) is 3.87. The summed E-state index contributed by atoms with van der Waals surface area (Å²) in [6.07, 6.45) is 1.10. The van der Waals surface area contributed by atoms with Gasteiger partial charge in [-0.3, -0.25) is 0 Å². The molecule has 2 amide bonds. The second-order valence-corrected chi connectivity index (χ2v) is 6.92. The van der Waals surface area contributed by atoms with Gasteiger partial charge in [0, 0.05) is 24.8 Å². The lowest BCUT2D eigenvalue weighted by Gasteiger charge is -2.54. The molecular weight excluding hydrogens is 284 g/mol. The van der Waals surface area contributed by atoms with E-state index < -0.39 is 17.1 Å². The van der Waals surface area contributed by atoms with Gasteiger partial charge in [0.05, 0.1) is 22.9 Å². The highest BCUT2D eigenvalue weighted by Gasteiger charge is 2.45. The number of alkyl halides is 1. The lowest BCUT2D eigenvalue weighted by Crippen LogP contribution is -3.23. The highest BCUT2D eigenvalue weighted by atomic mass is 35.5. The van der Waals surface area contributed by atoms with Crippen molar-refractivity contribution in [1.82, 2.24) is 10.3 Å². The van der Waals surface area contributed by atoms with Crippen LogP contribution in [0.3, 0.4) is 0 Å². The molecule has 2 N–H and O–H groups in total. The van der Waals surface area contributed by atoms with Gasteiger partial charge in [0.1, 0.15) is 0 Å². The molecule has 0 atom stereocenters. The van der Waals surface area contributed by atoms with Crippen LogP contribution in [0.1, 0.15) is 40.5 Å². The van der Waals surface area contributed by atoms with Crippen LogP contribution in [-0.2, 0) is 0 Å². The Hall–Kier alpha value is -0.920. The van der Waals surface area contributed by atoms with Crippen molar-refractivity contribution in [1.29, 1.82) is 0 Å². The molecule has 1 rings (SSSR count). The minimum Gasteiger partial charge on any atom is -0.634 e. The summed E-state index contributed by atoms with van der Waals surface area (Å²) in [5, 5.41) is 18.7. The van der Waals surface area contributed by atoms with Crippen molar-refractivity contribution < 1.29 is 9.86 Å². The molecule has 1 heterocycles. The number of hydrogen-bond acceptors (Lipinski definition) is 4. The molecular formula is C12H23ClN4O3. The number of quaternary nitrogens is 1. The number of urea groups is 1. The molecule has 1 aliphatic rings. The number of nitrogens with one attached hydrogen (secondary N) is 2. The van der Waals surface area contributed by atoms with E-state index in [0.717, 1.165) is 5.01 Å². The topological polar surface area (TPSA) is 89.3 Å². The van der Waals surface area contributed by atoms with Crippen LogP contribution < -0.4 is 10.4 Å². The molecule has 0 aromatic rings. The van der Waals surface area contributed by atoms with E-state index in [2.05, 4.69) is 10.6 Å². The molecule has 1 fully saturated rings. The second kappa shape index (κ2) is 6.24. The van der Waals surface area contributed by atoms with Crippen LogP contribution in [0.15, 0.2) is 5.29 Å². The SMILES string of the molecule is CC1(C)CC(NC(=O)N(CCCl)N=O)CC(C)(C)[NH+]1[O-]. The summed E-state index contributed by atoms with van der Waals surface area (Å²) in [7, 11) is 0. The third-order valence-electron chi connectivity index (χ3n) is 3.70. The van der Waals surface area contributed by atoms with Gasteiger partial charge in [0.2, 0.25) is 0 Å². The number of carbonyl (C=O) groups is 1. The summed E-state index contributed by atoms with van der Waals surface area (Å²) in [5.41, 5.74) is -0.989. The number of nitroso groups, excluding NO2 is 1. The smallest absolute Gasteiger partial charge is 0.340 e. The molecule has 8 heteroatoms. The Balaban J connectivity index is 2.73. The Bertz CT molecular complexity index is 358. The Morgan fingerprint density at radius 1 is 1.40 bits per heavy atom. The zero-order valence-electron chi connectivity index (χ0n) is 12.4. The fraction of sp³-hybridized carbons (Fsp3) is 0.917. The molecule has 0 aromatic carbocycles. The quantitative estimate of drug-likeness (QED) is 0.352. The Morgan fingerprint density at radius 2 is 1.90 bits per heavy atom. The van der Waals surface area contributed by atoms with Gasteiger partial charge in [-0.2, -0.15) is 5.01 Å². The summed E-state index contributed by atoms with van der Waals surface area (Å²) < 4.78 is 0. The number of hydroxylamine groups is 2. The summed E-state index contributed by atoms with van der Waals surface area (Å²) >= 11 is 5.51. The van der Waals surface area contributed by atoms with E-state index in [9.17, 15) is 14.9 Å². The average molecular weight is 307 g/mol. The maximum Gasteiger partial charge on any atom is 0.340 e. The first-order chi connectivity index (χ1) is 9.14. The number of halogens is 1. The van der Waals surface area contributed by atoms with Crippen molar-refractivity contribution in [3.8, 4) is 0 Å². The van der Waals surface area contributed by atoms with Crippen molar-refractivity contribution in [3.63, 3.8) is 0 Å². The maximum absolute atomic E-state index is 12.3. The molecule has 20 heavy (non-hydrogen) atoms. The largest absolute Gasteiger partial charge is 0.634 e. The van der Waals surface area contributed by atoms with Crippen molar-refractivity contribution in [2.75, 3.05) is 12.4 Å². The van der Waals surface area contributed by atoms with E-state index in [0.29, 0.717) is 12.8 Å². The van der Waals surface area contributed by atoms with E-state index in [1.54, 1.807) is 0 Å². The van der Waals surface area contributed by atoms with Gasteiger partial charge in [0.25, 0.3) is 0 Å². The highest BCUT2D eigenvalue weighted by Crippen LogP contribution is 2.23. The number of carbonyl (C=O) groups excluding carboxylic acids is 1. The molecule has 0 radical (unpaired) electrons. The molecule has 0 spiro atoms. The van der Waals surface area contributed by atoms with E-state index in [1.807, 2.05) is 27.7 Å². The van der Waals surface area contributed by atoms with Gasteiger partial charge in [-0.25, -0.2) is 4.79 Å². The molecule has 1 aliphatic heterocycles. The number of nitrogens with zero attached hydrogens (tertiary/aromatic N) is 2. The van der Waals surface area contributed by atoms with Crippen LogP contribution in [0, 0.1) is 10.1 Å². The fourth-order valence-electron chi connectivity index (χ4n) is 3.02. The predicted molar refractivity (Wildman–Crippen MR) is 77.3 cm³/mol. The van der Waals surface area contributed by atoms with E-state index in [1.165, 1.54) is 0 Å². The van der Waals surface area contributed by atoms with Gasteiger partial charge in [-0.05, 0) is 27.7 Å². The van der Waals surface area contributed by atoms with E-state index >= 15 is 0 Å². The molecule has 0 bridgehead atoms. The monoisotopic (exact) mass is 306 g/mol. The minimum absolute atomic E-state index is 0.0648. The van der Waals surface area contributed by atoms with Gasteiger partial charge in [0.15, 0.2) is 0 Å². The minimum atomic E-state index is -0.563. The molecule has 1 saturated heterocycles. The molecule has 0 aromatic heterocycles. The molecule has 0 aliphatic carbocycles. The summed E-state index contributed by atoms with van der Waals surface area (Å²) in [5.74, 6) is 0.138. The number of rotatable bonds is 4. The third kappa shape index (κ3) is 3.80. The van der Waals surface area contributed by atoms with E-state index in [-0.39, 0.29) is 23.5 Å². The first kappa shape index (κ1) is 17.1. The Morgan fingerprint density at radius 3 is 2.30 bits per heavy atom. The van der Waals surface area contributed by atoms with Crippen LogP contribution in [0.5, 0.6) is 0 Å². The normalized spacial score (nSPS) is 27.7. The Labute approximate surface area is 124 Å². The zero-order chi connectivity index (χ0) is 15.6. The number of hydrogen-bond donors (Lipinski definition) is 2. The van der Waals surface area contributed by atoms with Crippen LogP contribution in [0.4, 0.5) is 4.79 Å². The predicted octanol–water partition coefficient (Wildman–Crippen LogP) is 1.02. The van der Waals surface area contributed by atoms with Crippen molar-refractivity contribution in [3.05, 3.63) is 10.1 Å². The number of piperidine rings is 1. The lowest BCUT2D eigenvalue weighted by molar-refractivity contribution is -0.955. The molecule has 116 valence electrons. The lowest BCUT2D eigenvalue weighted by atomic mass is 9.79. The van der Waals surface area contributed by atoms with Crippen LogP contribution in [0.25, 0.3) is 0 Å². The summed E-state index contributed by atoms with van der Waals surface area (Å²) in [4.78, 5) is 22.5. The molecule has 0 unspecified atom stereocenters. The summed E-state index contributed by atoms with van der Waals surface area (Å²) in [6, 6.07) is -0.726. The van der Waals surface area contributed by atoms with Crippen molar-refractivity contribution >= 4 is 17.6 Å². The first-order valence-electron chi connectivity index (χ1n) is 6.66. The van der Waals surface area contributed by atoms with Crippen LogP contribution in [-0.4, -0.2) is 40.6 Å². The van der Waals surface area contributed by atoms with Crippen molar-refractivity contribution in [2.24, 2.45) is 5.29 Å². The standard InChI is InChI=1S/C12H23ClN4O3/c1-11(2)7-9(8-12(3,4)17(11)20)14-10(18)16(15-19)6-5-13/h9,17H,5-8H2,1-4H3,(H,14,18). The highest BCUT2D eigenvalue weighted by molar-refractivity contribution is 6.18. The van der Waals surface area contributed by atoms with Gasteiger partial charge >= 0.3 is 6.03 Å². The van der Waals surface area contributed by atoms with Crippen LogP contribution >= 0.6 is 11.6 Å². The number of amides is 2. The molecule has 7 nitrogen and oxygen atoms in total. The zero-order valence-corrected chi connectivity index (χ0v) is 13.2. The van der Waals surface area contributed by atoms with Crippen LogP contribution in [0.2, 0.25) is 0 Å². The van der Waals surface area contributed by atoms with E-state index in [4.69, 9.17) is 11.6 Å². The van der Waals surface area contributed by atoms with Gasteiger partial charge in [-0.15, -0.1) is 16.5 Å². The average Bonchev–Trinajstić information content (AvgIpc) is 2.32. The van der Waals surface area contributed by atoms with Crippen molar-refractivity contribution in [2.45, 2.75) is 57.7 Å². The van der Waals surface area contributed by atoms with Gasteiger partial charge in [-0.1, -0.05) is 0 Å².